The number of hydrogen-bond donors (Lipinski definition) is 1. The van der Waals surface area contributed by atoms with Crippen molar-refractivity contribution in [3.05, 3.63) is 65.3 Å². The van der Waals surface area contributed by atoms with E-state index in [9.17, 15) is 0 Å². The average Bonchev–Trinajstić information content (AvgIpc) is 2.67. The fraction of sp³-hybridized carbons (Fsp3) is 0.368. The summed E-state index contributed by atoms with van der Waals surface area (Å²) in [7, 11) is 0. The van der Waals surface area contributed by atoms with Gasteiger partial charge in [0.1, 0.15) is 0 Å². The summed E-state index contributed by atoms with van der Waals surface area (Å²) in [6, 6.07) is 8.59. The molecule has 1 aromatic rings. The summed E-state index contributed by atoms with van der Waals surface area (Å²) in [5, 5.41) is 2.58. The first-order valence-electron chi connectivity index (χ1n) is 8.94. The van der Waals surface area contributed by atoms with Crippen LogP contribution in [0.5, 0.6) is 0 Å². The third-order valence-electron chi connectivity index (χ3n) is 4.21. The Morgan fingerprint density at radius 2 is 2.35 bits per heavy atom. The van der Waals surface area contributed by atoms with Gasteiger partial charge >= 0.3 is 0 Å². The molecule has 1 aromatic carbocycles. The summed E-state index contributed by atoms with van der Waals surface area (Å²) in [5.74, 6) is 0.604. The van der Waals surface area contributed by atoms with Crippen LogP contribution in [0.25, 0.3) is 5.57 Å². The van der Waals surface area contributed by atoms with Gasteiger partial charge in [0.05, 0.1) is 0 Å². The maximum absolute atomic E-state index is 7.21. The summed E-state index contributed by atoms with van der Waals surface area (Å²) in [5.41, 5.74) is 5.31. The molecule has 0 bridgehead atoms. The van der Waals surface area contributed by atoms with Crippen molar-refractivity contribution in [2.24, 2.45) is 5.92 Å². The van der Waals surface area contributed by atoms with Crippen LogP contribution in [0.1, 0.15) is 34.5 Å². The van der Waals surface area contributed by atoms with Gasteiger partial charge in [-0.1, -0.05) is 48.6 Å². The SMILES string of the molecule is [2H]C([2H])([2H])NCC/C=C1/C=C2C=CCCC2Cc2ccccc21. The molecule has 2 aliphatic carbocycles. The number of fused-ring (bicyclic) bond motifs is 2. The van der Waals surface area contributed by atoms with Crippen molar-refractivity contribution in [2.75, 3.05) is 13.5 Å². The predicted molar refractivity (Wildman–Crippen MR) is 86.6 cm³/mol. The molecular formula is C19H23N. The van der Waals surface area contributed by atoms with Crippen LogP contribution in [0.15, 0.2) is 54.1 Å². The summed E-state index contributed by atoms with van der Waals surface area (Å²) in [6.07, 6.45) is 13.1. The van der Waals surface area contributed by atoms with Crippen LogP contribution in [-0.2, 0) is 6.42 Å². The van der Waals surface area contributed by atoms with Crippen molar-refractivity contribution in [1.29, 1.82) is 0 Å². The van der Waals surface area contributed by atoms with Crippen molar-refractivity contribution in [3.8, 4) is 0 Å². The van der Waals surface area contributed by atoms with Crippen LogP contribution in [0.2, 0.25) is 0 Å². The molecule has 0 aliphatic heterocycles. The minimum atomic E-state index is -2.06. The predicted octanol–water partition coefficient (Wildman–Crippen LogP) is 4.13. The molecule has 0 aromatic heterocycles. The zero-order valence-electron chi connectivity index (χ0n) is 14.7. The molecule has 1 N–H and O–H groups in total. The van der Waals surface area contributed by atoms with Crippen molar-refractivity contribution < 1.29 is 4.11 Å². The van der Waals surface area contributed by atoms with E-state index in [0.717, 1.165) is 12.8 Å². The molecule has 104 valence electrons. The number of hydrogen-bond acceptors (Lipinski definition) is 1. The van der Waals surface area contributed by atoms with E-state index in [1.807, 2.05) is 0 Å². The fourth-order valence-corrected chi connectivity index (χ4v) is 3.18. The van der Waals surface area contributed by atoms with Crippen LogP contribution >= 0.6 is 0 Å². The quantitative estimate of drug-likeness (QED) is 0.813. The van der Waals surface area contributed by atoms with Crippen molar-refractivity contribution in [1.82, 2.24) is 5.32 Å². The monoisotopic (exact) mass is 268 g/mol. The minimum absolute atomic E-state index is 0.463. The molecule has 0 spiro atoms. The van der Waals surface area contributed by atoms with Crippen LogP contribution in [-0.4, -0.2) is 13.5 Å². The standard InChI is InChI=1S/C19H23N/c1-20-12-6-10-18-14-16-8-3-2-7-15(16)13-17-9-4-5-11-19(17)18/h3-5,8-11,14-15,20H,2,6-7,12-13H2,1H3/b18-10-/i1D3. The lowest BCUT2D eigenvalue weighted by Crippen LogP contribution is -2.08. The molecule has 0 fully saturated rings. The van der Waals surface area contributed by atoms with Gasteiger partial charge in [-0.25, -0.2) is 0 Å². The van der Waals surface area contributed by atoms with Crippen molar-refractivity contribution >= 4 is 5.57 Å². The van der Waals surface area contributed by atoms with Crippen molar-refractivity contribution in [2.45, 2.75) is 25.7 Å². The van der Waals surface area contributed by atoms with E-state index >= 15 is 0 Å². The molecule has 1 unspecified atom stereocenters. The molecule has 20 heavy (non-hydrogen) atoms. The summed E-state index contributed by atoms with van der Waals surface area (Å²) in [6.45, 7) is -1.60. The maximum Gasteiger partial charge on any atom is 0.0391 e. The second kappa shape index (κ2) is 6.23. The summed E-state index contributed by atoms with van der Waals surface area (Å²) in [4.78, 5) is 0. The minimum Gasteiger partial charge on any atom is -0.319 e. The van der Waals surface area contributed by atoms with Crippen LogP contribution in [0.3, 0.4) is 0 Å². The third kappa shape index (κ3) is 2.78. The van der Waals surface area contributed by atoms with E-state index in [1.165, 1.54) is 28.7 Å². The zero-order valence-corrected chi connectivity index (χ0v) is 11.7. The number of rotatable bonds is 3. The summed E-state index contributed by atoms with van der Waals surface area (Å²) >= 11 is 0. The van der Waals surface area contributed by atoms with Crippen LogP contribution < -0.4 is 5.32 Å². The number of benzene rings is 1. The van der Waals surface area contributed by atoms with Gasteiger partial charge in [0.15, 0.2) is 0 Å². The van der Waals surface area contributed by atoms with Crippen LogP contribution in [0, 0.1) is 5.92 Å². The van der Waals surface area contributed by atoms with Gasteiger partial charge in [0.25, 0.3) is 0 Å². The number of nitrogens with one attached hydrogen (secondary N) is 1. The average molecular weight is 268 g/mol. The Balaban J connectivity index is 1.86. The Bertz CT molecular complexity index is 653. The fourth-order valence-electron chi connectivity index (χ4n) is 3.18. The second-order valence-corrected chi connectivity index (χ2v) is 5.56. The molecule has 0 saturated heterocycles. The Kier molecular flexibility index (Phi) is 3.17. The Morgan fingerprint density at radius 1 is 1.40 bits per heavy atom. The molecule has 0 saturated carbocycles. The van der Waals surface area contributed by atoms with Gasteiger partial charge in [-0.3, -0.25) is 0 Å². The van der Waals surface area contributed by atoms with E-state index < -0.39 is 6.98 Å². The highest BCUT2D eigenvalue weighted by Gasteiger charge is 2.21. The smallest absolute Gasteiger partial charge is 0.0391 e. The molecule has 1 nitrogen and oxygen atoms in total. The van der Waals surface area contributed by atoms with E-state index in [1.54, 1.807) is 0 Å². The lowest BCUT2D eigenvalue weighted by Gasteiger charge is -2.19. The highest BCUT2D eigenvalue weighted by atomic mass is 14.8. The Morgan fingerprint density at radius 3 is 3.30 bits per heavy atom. The maximum atomic E-state index is 7.21. The molecule has 0 amide bonds. The summed E-state index contributed by atoms with van der Waals surface area (Å²) < 4.78 is 21.6. The lowest BCUT2D eigenvalue weighted by atomic mass is 9.85. The van der Waals surface area contributed by atoms with Gasteiger partial charge in [-0.05, 0) is 67.4 Å². The lowest BCUT2D eigenvalue weighted by molar-refractivity contribution is 0.562. The van der Waals surface area contributed by atoms with Gasteiger partial charge in [0.2, 0.25) is 0 Å². The zero-order chi connectivity index (χ0) is 16.3. The van der Waals surface area contributed by atoms with Crippen molar-refractivity contribution in [3.63, 3.8) is 0 Å². The number of allylic oxidation sites excluding steroid dienone is 5. The van der Waals surface area contributed by atoms with E-state index in [-0.39, 0.29) is 0 Å². The molecule has 3 rings (SSSR count). The first-order valence-corrected chi connectivity index (χ1v) is 7.44. The van der Waals surface area contributed by atoms with Gasteiger partial charge < -0.3 is 5.32 Å². The molecular weight excluding hydrogens is 242 g/mol. The van der Waals surface area contributed by atoms with E-state index in [0.29, 0.717) is 18.9 Å². The van der Waals surface area contributed by atoms with Gasteiger partial charge in [-0.15, -0.1) is 0 Å². The van der Waals surface area contributed by atoms with Crippen LogP contribution in [0.4, 0.5) is 0 Å². The molecule has 1 heteroatoms. The van der Waals surface area contributed by atoms with E-state index in [2.05, 4.69) is 53.9 Å². The molecule has 2 aliphatic rings. The first kappa shape index (κ1) is 10.2. The second-order valence-electron chi connectivity index (χ2n) is 5.56. The molecule has 0 radical (unpaired) electrons. The Labute approximate surface area is 126 Å². The Hall–Kier alpha value is -1.60. The molecule has 1 atom stereocenters. The van der Waals surface area contributed by atoms with Gasteiger partial charge in [0, 0.05) is 4.11 Å². The third-order valence-corrected chi connectivity index (χ3v) is 4.21. The highest BCUT2D eigenvalue weighted by molar-refractivity contribution is 5.78. The largest absolute Gasteiger partial charge is 0.319 e. The first-order chi connectivity index (χ1) is 11.0. The highest BCUT2D eigenvalue weighted by Crippen LogP contribution is 2.36. The normalized spacial score (nSPS) is 25.8. The molecule has 0 heterocycles. The topological polar surface area (TPSA) is 12.0 Å². The van der Waals surface area contributed by atoms with Gasteiger partial charge in [-0.2, -0.15) is 0 Å². The van der Waals surface area contributed by atoms with E-state index in [4.69, 9.17) is 4.11 Å².